The monoisotopic (exact) mass is 312 g/mol. The molecule has 0 bridgehead atoms. The highest BCUT2D eigenvalue weighted by Gasteiger charge is 2.15. The SMILES string of the molecule is Nc1ccc(NCCN2CCCCCC2)c(S(N)(=O)=O)c1. The largest absolute Gasteiger partial charge is 0.399 e. The number of primary sulfonamides is 1. The normalized spacial score (nSPS) is 17.4. The Kier molecular flexibility index (Phi) is 5.44. The molecule has 0 spiro atoms. The van der Waals surface area contributed by atoms with Gasteiger partial charge in [0.2, 0.25) is 10.0 Å². The van der Waals surface area contributed by atoms with E-state index in [1.54, 1.807) is 12.1 Å². The highest BCUT2D eigenvalue weighted by atomic mass is 32.2. The van der Waals surface area contributed by atoms with Crippen LogP contribution in [0.25, 0.3) is 0 Å². The molecule has 0 aromatic heterocycles. The zero-order valence-electron chi connectivity index (χ0n) is 12.2. The molecule has 7 heteroatoms. The Labute approximate surface area is 126 Å². The average molecular weight is 312 g/mol. The van der Waals surface area contributed by atoms with Gasteiger partial charge in [-0.2, -0.15) is 0 Å². The lowest BCUT2D eigenvalue weighted by atomic mass is 10.2. The van der Waals surface area contributed by atoms with Crippen LogP contribution in [0.3, 0.4) is 0 Å². The third kappa shape index (κ3) is 4.87. The van der Waals surface area contributed by atoms with Crippen molar-refractivity contribution in [1.82, 2.24) is 4.90 Å². The number of sulfonamides is 1. The first-order valence-corrected chi connectivity index (χ1v) is 8.90. The smallest absolute Gasteiger partial charge is 0.240 e. The van der Waals surface area contributed by atoms with Gasteiger partial charge in [0, 0.05) is 18.8 Å². The molecular formula is C14H24N4O2S. The van der Waals surface area contributed by atoms with Crippen LogP contribution in [0.2, 0.25) is 0 Å². The molecule has 0 atom stereocenters. The van der Waals surface area contributed by atoms with Gasteiger partial charge in [0.25, 0.3) is 0 Å². The van der Waals surface area contributed by atoms with Crippen LogP contribution in [0.15, 0.2) is 23.1 Å². The number of nitrogen functional groups attached to an aromatic ring is 1. The topological polar surface area (TPSA) is 101 Å². The van der Waals surface area contributed by atoms with Gasteiger partial charge in [0.05, 0.1) is 5.69 Å². The van der Waals surface area contributed by atoms with E-state index < -0.39 is 10.0 Å². The summed E-state index contributed by atoms with van der Waals surface area (Å²) in [5.74, 6) is 0. The van der Waals surface area contributed by atoms with Crippen molar-refractivity contribution in [2.75, 3.05) is 37.2 Å². The van der Waals surface area contributed by atoms with Crippen LogP contribution in [0, 0.1) is 0 Å². The van der Waals surface area contributed by atoms with Gasteiger partial charge in [0.1, 0.15) is 4.90 Å². The van der Waals surface area contributed by atoms with E-state index in [0.717, 1.165) is 19.6 Å². The highest BCUT2D eigenvalue weighted by molar-refractivity contribution is 7.89. The van der Waals surface area contributed by atoms with E-state index >= 15 is 0 Å². The first kappa shape index (κ1) is 16.1. The maximum absolute atomic E-state index is 11.6. The molecule has 0 radical (unpaired) electrons. The number of hydrogen-bond donors (Lipinski definition) is 3. The van der Waals surface area contributed by atoms with Gasteiger partial charge >= 0.3 is 0 Å². The third-order valence-electron chi connectivity index (χ3n) is 3.75. The summed E-state index contributed by atoms with van der Waals surface area (Å²) in [5, 5.41) is 8.39. The molecule has 2 rings (SSSR count). The lowest BCUT2D eigenvalue weighted by Crippen LogP contribution is -2.30. The summed E-state index contributed by atoms with van der Waals surface area (Å²) >= 11 is 0. The molecule has 6 nitrogen and oxygen atoms in total. The van der Waals surface area contributed by atoms with Crippen LogP contribution in [-0.2, 0) is 10.0 Å². The molecule has 0 aliphatic carbocycles. The van der Waals surface area contributed by atoms with Gasteiger partial charge in [-0.05, 0) is 44.1 Å². The van der Waals surface area contributed by atoms with Gasteiger partial charge in [-0.1, -0.05) is 12.8 Å². The van der Waals surface area contributed by atoms with Crippen LogP contribution < -0.4 is 16.2 Å². The van der Waals surface area contributed by atoms with Crippen molar-refractivity contribution in [1.29, 1.82) is 0 Å². The van der Waals surface area contributed by atoms with Crippen molar-refractivity contribution in [2.24, 2.45) is 5.14 Å². The predicted octanol–water partition coefficient (Wildman–Crippen LogP) is 1.20. The maximum Gasteiger partial charge on any atom is 0.240 e. The van der Waals surface area contributed by atoms with Crippen LogP contribution in [0.4, 0.5) is 11.4 Å². The fourth-order valence-corrected chi connectivity index (χ4v) is 3.38. The summed E-state index contributed by atoms with van der Waals surface area (Å²) < 4.78 is 23.2. The van der Waals surface area contributed by atoms with Gasteiger partial charge in [0.15, 0.2) is 0 Å². The Morgan fingerprint density at radius 2 is 1.81 bits per heavy atom. The second-order valence-electron chi connectivity index (χ2n) is 5.48. The Morgan fingerprint density at radius 1 is 1.14 bits per heavy atom. The number of hydrogen-bond acceptors (Lipinski definition) is 5. The Morgan fingerprint density at radius 3 is 2.43 bits per heavy atom. The number of rotatable bonds is 5. The molecule has 5 N–H and O–H groups in total. The van der Waals surface area contributed by atoms with Crippen LogP contribution in [-0.4, -0.2) is 39.5 Å². The number of benzene rings is 1. The van der Waals surface area contributed by atoms with Crippen molar-refractivity contribution in [3.05, 3.63) is 18.2 Å². The molecule has 1 saturated heterocycles. The van der Waals surface area contributed by atoms with E-state index in [0.29, 0.717) is 17.9 Å². The van der Waals surface area contributed by atoms with Crippen molar-refractivity contribution >= 4 is 21.4 Å². The lowest BCUT2D eigenvalue weighted by Gasteiger charge is -2.20. The highest BCUT2D eigenvalue weighted by Crippen LogP contribution is 2.22. The molecule has 1 heterocycles. The van der Waals surface area contributed by atoms with Gasteiger partial charge in [-0.15, -0.1) is 0 Å². The second kappa shape index (κ2) is 7.11. The zero-order valence-corrected chi connectivity index (χ0v) is 13.0. The lowest BCUT2D eigenvalue weighted by molar-refractivity contribution is 0.296. The summed E-state index contributed by atoms with van der Waals surface area (Å²) in [7, 11) is -3.77. The van der Waals surface area contributed by atoms with Gasteiger partial charge in [-0.3, -0.25) is 0 Å². The number of anilines is 2. The molecule has 0 saturated carbocycles. The quantitative estimate of drug-likeness (QED) is 0.709. The van der Waals surface area contributed by atoms with Crippen molar-refractivity contribution in [3.63, 3.8) is 0 Å². The third-order valence-corrected chi connectivity index (χ3v) is 4.71. The molecule has 1 aromatic carbocycles. The van der Waals surface area contributed by atoms with E-state index in [1.807, 2.05) is 0 Å². The summed E-state index contributed by atoms with van der Waals surface area (Å²) in [4.78, 5) is 2.46. The second-order valence-corrected chi connectivity index (χ2v) is 7.01. The number of nitrogens with two attached hydrogens (primary N) is 2. The minimum atomic E-state index is -3.77. The summed E-state index contributed by atoms with van der Waals surface area (Å²) in [6.45, 7) is 3.82. The summed E-state index contributed by atoms with van der Waals surface area (Å²) in [6.07, 6.45) is 5.09. The van der Waals surface area contributed by atoms with Gasteiger partial charge in [-0.25, -0.2) is 13.6 Å². The van der Waals surface area contributed by atoms with Crippen LogP contribution >= 0.6 is 0 Å². The summed E-state index contributed by atoms with van der Waals surface area (Å²) in [5.41, 5.74) is 6.53. The minimum absolute atomic E-state index is 0.0540. The fourth-order valence-electron chi connectivity index (χ4n) is 2.63. The van der Waals surface area contributed by atoms with E-state index in [-0.39, 0.29) is 4.90 Å². The molecule has 1 aromatic rings. The Balaban J connectivity index is 1.96. The van der Waals surface area contributed by atoms with E-state index in [4.69, 9.17) is 10.9 Å². The van der Waals surface area contributed by atoms with Crippen LogP contribution in [0.5, 0.6) is 0 Å². The van der Waals surface area contributed by atoms with Crippen molar-refractivity contribution in [2.45, 2.75) is 30.6 Å². The standard InChI is InChI=1S/C14H24N4O2S/c15-12-5-6-13(14(11-12)21(16,19)20)17-7-10-18-8-3-1-2-4-9-18/h5-6,11,17H,1-4,7-10,15H2,(H2,16,19,20). The molecule has 1 aliphatic heterocycles. The number of likely N-dealkylation sites (tertiary alicyclic amines) is 1. The maximum atomic E-state index is 11.6. The predicted molar refractivity (Wildman–Crippen MR) is 85.6 cm³/mol. The Bertz CT molecular complexity index is 566. The molecule has 1 aliphatic rings. The van der Waals surface area contributed by atoms with E-state index in [9.17, 15) is 8.42 Å². The number of nitrogens with one attached hydrogen (secondary N) is 1. The molecule has 118 valence electrons. The first-order valence-electron chi connectivity index (χ1n) is 7.35. The molecule has 0 unspecified atom stereocenters. The zero-order chi connectivity index (χ0) is 15.3. The van der Waals surface area contributed by atoms with Gasteiger partial charge < -0.3 is 16.0 Å². The van der Waals surface area contributed by atoms with Crippen LogP contribution in [0.1, 0.15) is 25.7 Å². The molecule has 0 amide bonds. The van der Waals surface area contributed by atoms with Crippen molar-refractivity contribution in [3.8, 4) is 0 Å². The minimum Gasteiger partial charge on any atom is -0.399 e. The Hall–Kier alpha value is -1.31. The van der Waals surface area contributed by atoms with Crippen molar-refractivity contribution < 1.29 is 8.42 Å². The first-order chi connectivity index (χ1) is 9.97. The number of nitrogens with zero attached hydrogens (tertiary/aromatic N) is 1. The molecule has 1 fully saturated rings. The van der Waals surface area contributed by atoms with E-state index in [2.05, 4.69) is 10.2 Å². The summed E-state index contributed by atoms with van der Waals surface area (Å²) in [6, 6.07) is 4.73. The van der Waals surface area contributed by atoms with E-state index in [1.165, 1.54) is 31.7 Å². The molecular weight excluding hydrogens is 288 g/mol. The average Bonchev–Trinajstić information content (AvgIpc) is 2.68. The molecule has 21 heavy (non-hydrogen) atoms. The fraction of sp³-hybridized carbons (Fsp3) is 0.571.